The Bertz CT molecular complexity index is 649. The normalized spacial score (nSPS) is 12.0. The van der Waals surface area contributed by atoms with E-state index in [-0.39, 0.29) is 22.9 Å². The Kier molecular flexibility index (Phi) is 3.99. The predicted molar refractivity (Wildman–Crippen MR) is 73.3 cm³/mol. The van der Waals surface area contributed by atoms with Gasteiger partial charge in [0, 0.05) is 12.5 Å². The highest BCUT2D eigenvalue weighted by Crippen LogP contribution is 2.33. The molecule has 1 N–H and O–H groups in total. The molecule has 0 unspecified atom stereocenters. The molecule has 6 heteroatoms. The minimum Gasteiger partial charge on any atom is -0.481 e. The number of aliphatic carboxylic acids is 1. The zero-order valence-corrected chi connectivity index (χ0v) is 12.0. The molecule has 108 valence electrons. The van der Waals surface area contributed by atoms with Crippen LogP contribution in [0.1, 0.15) is 32.6 Å². The van der Waals surface area contributed by atoms with Gasteiger partial charge in [-0.25, -0.2) is 9.37 Å². The summed E-state index contributed by atoms with van der Waals surface area (Å²) < 4.78 is 18.7. The van der Waals surface area contributed by atoms with Crippen LogP contribution in [0.25, 0.3) is 11.1 Å². The van der Waals surface area contributed by atoms with Crippen molar-refractivity contribution in [2.75, 3.05) is 0 Å². The lowest BCUT2D eigenvalue weighted by atomic mass is 9.79. The van der Waals surface area contributed by atoms with Crippen LogP contribution in [0, 0.1) is 11.2 Å². The molecule has 1 aromatic carbocycles. The van der Waals surface area contributed by atoms with Gasteiger partial charge in [0.15, 0.2) is 11.5 Å². The quantitative estimate of drug-likeness (QED) is 0.904. The van der Waals surface area contributed by atoms with Gasteiger partial charge < -0.3 is 9.52 Å². The molecule has 2 aromatic rings. The Morgan fingerprint density at radius 1 is 1.45 bits per heavy atom. The minimum absolute atomic E-state index is 0.132. The maximum atomic E-state index is 13.2. The van der Waals surface area contributed by atoms with Crippen LogP contribution >= 0.6 is 11.6 Å². The molecule has 0 radical (unpaired) electrons. The summed E-state index contributed by atoms with van der Waals surface area (Å²) >= 11 is 5.89. The third kappa shape index (κ3) is 2.50. The van der Waals surface area contributed by atoms with Crippen LogP contribution in [0.3, 0.4) is 0 Å². The van der Waals surface area contributed by atoms with Gasteiger partial charge in [-0.3, -0.25) is 4.79 Å². The SMILES string of the molecule is CCC(CC)(Cc1nc2cc(F)cc(Cl)c2o1)C(=O)O. The van der Waals surface area contributed by atoms with E-state index in [4.69, 9.17) is 16.0 Å². The first-order valence-corrected chi connectivity index (χ1v) is 6.77. The van der Waals surface area contributed by atoms with Crippen LogP contribution in [0.2, 0.25) is 5.02 Å². The lowest BCUT2D eigenvalue weighted by Crippen LogP contribution is -2.32. The van der Waals surface area contributed by atoms with Crippen molar-refractivity contribution in [3.63, 3.8) is 0 Å². The smallest absolute Gasteiger partial charge is 0.310 e. The number of hydrogen-bond acceptors (Lipinski definition) is 3. The van der Waals surface area contributed by atoms with Crippen molar-refractivity contribution in [1.29, 1.82) is 0 Å². The molecule has 1 aromatic heterocycles. The van der Waals surface area contributed by atoms with Gasteiger partial charge in [0.25, 0.3) is 0 Å². The summed E-state index contributed by atoms with van der Waals surface area (Å²) in [6.45, 7) is 3.62. The highest BCUT2D eigenvalue weighted by Gasteiger charge is 2.36. The second-order valence-electron chi connectivity index (χ2n) is 4.81. The molecule has 0 saturated carbocycles. The van der Waals surface area contributed by atoms with Crippen LogP contribution in [0.4, 0.5) is 4.39 Å². The fraction of sp³-hybridized carbons (Fsp3) is 0.429. The Morgan fingerprint density at radius 2 is 2.10 bits per heavy atom. The van der Waals surface area contributed by atoms with Gasteiger partial charge in [-0.1, -0.05) is 25.4 Å². The van der Waals surface area contributed by atoms with Crippen molar-refractivity contribution >= 4 is 28.7 Å². The highest BCUT2D eigenvalue weighted by atomic mass is 35.5. The number of nitrogens with zero attached hydrogens (tertiary/aromatic N) is 1. The van der Waals surface area contributed by atoms with Crippen molar-refractivity contribution in [3.05, 3.63) is 28.9 Å². The number of carboxylic acid groups (broad SMARTS) is 1. The topological polar surface area (TPSA) is 63.3 Å². The monoisotopic (exact) mass is 299 g/mol. The Hall–Kier alpha value is -1.62. The maximum Gasteiger partial charge on any atom is 0.310 e. The third-order valence-electron chi connectivity index (χ3n) is 3.75. The lowest BCUT2D eigenvalue weighted by molar-refractivity contribution is -0.149. The number of benzene rings is 1. The van der Waals surface area contributed by atoms with Crippen molar-refractivity contribution in [2.24, 2.45) is 5.41 Å². The molecule has 0 aliphatic heterocycles. The van der Waals surface area contributed by atoms with Crippen LogP contribution in [0.15, 0.2) is 16.5 Å². The van der Waals surface area contributed by atoms with Crippen molar-refractivity contribution < 1.29 is 18.7 Å². The van der Waals surface area contributed by atoms with Crippen molar-refractivity contribution in [1.82, 2.24) is 4.98 Å². The molecule has 1 heterocycles. The molecule has 0 aliphatic carbocycles. The van der Waals surface area contributed by atoms with E-state index >= 15 is 0 Å². The standard InChI is InChI=1S/C14H15ClFNO3/c1-3-14(4-2,13(18)19)7-11-17-10-6-8(16)5-9(15)12(10)20-11/h5-6H,3-4,7H2,1-2H3,(H,18,19). The van der Waals surface area contributed by atoms with E-state index < -0.39 is 17.2 Å². The number of aromatic nitrogens is 1. The summed E-state index contributed by atoms with van der Waals surface area (Å²) in [5.41, 5.74) is -0.336. The second kappa shape index (κ2) is 5.40. The fourth-order valence-electron chi connectivity index (χ4n) is 2.25. The Balaban J connectivity index is 2.44. The largest absolute Gasteiger partial charge is 0.481 e. The number of oxazole rings is 1. The van der Waals surface area contributed by atoms with E-state index in [1.54, 1.807) is 0 Å². The summed E-state index contributed by atoms with van der Waals surface area (Å²) in [4.78, 5) is 15.6. The van der Waals surface area contributed by atoms with Crippen molar-refractivity contribution in [2.45, 2.75) is 33.1 Å². The summed E-state index contributed by atoms with van der Waals surface area (Å²) in [6.07, 6.45) is 1.07. The molecular formula is C14H15ClFNO3. The van der Waals surface area contributed by atoms with E-state index in [0.717, 1.165) is 6.07 Å². The summed E-state index contributed by atoms with van der Waals surface area (Å²) in [6, 6.07) is 2.36. The molecule has 0 aliphatic rings. The van der Waals surface area contributed by atoms with Gasteiger partial charge in [0.05, 0.1) is 10.4 Å². The molecule has 0 spiro atoms. The average molecular weight is 300 g/mol. The Morgan fingerprint density at radius 3 is 2.65 bits per heavy atom. The van der Waals surface area contributed by atoms with Gasteiger partial charge in [0.2, 0.25) is 0 Å². The highest BCUT2D eigenvalue weighted by molar-refractivity contribution is 6.34. The van der Waals surface area contributed by atoms with E-state index in [1.807, 2.05) is 13.8 Å². The first-order chi connectivity index (χ1) is 9.41. The number of carboxylic acids is 1. The van der Waals surface area contributed by atoms with Gasteiger partial charge >= 0.3 is 5.97 Å². The van der Waals surface area contributed by atoms with E-state index in [0.29, 0.717) is 18.4 Å². The van der Waals surface area contributed by atoms with Crippen LogP contribution in [0.5, 0.6) is 0 Å². The number of rotatable bonds is 5. The van der Waals surface area contributed by atoms with Crippen LogP contribution in [-0.2, 0) is 11.2 Å². The van der Waals surface area contributed by atoms with Gasteiger partial charge in [-0.15, -0.1) is 0 Å². The van der Waals surface area contributed by atoms with Crippen LogP contribution in [-0.4, -0.2) is 16.1 Å². The number of halogens is 2. The van der Waals surface area contributed by atoms with E-state index in [9.17, 15) is 14.3 Å². The zero-order valence-electron chi connectivity index (χ0n) is 11.2. The molecular weight excluding hydrogens is 285 g/mol. The maximum absolute atomic E-state index is 13.2. The van der Waals surface area contributed by atoms with Gasteiger partial charge in [0.1, 0.15) is 11.3 Å². The van der Waals surface area contributed by atoms with Gasteiger partial charge in [-0.05, 0) is 18.9 Å². The molecule has 0 fully saturated rings. The summed E-state index contributed by atoms with van der Waals surface area (Å²) in [5, 5.41) is 9.54. The molecule has 2 rings (SSSR count). The lowest BCUT2D eigenvalue weighted by Gasteiger charge is -2.24. The van der Waals surface area contributed by atoms with E-state index in [1.165, 1.54) is 6.07 Å². The number of carbonyl (C=O) groups is 1. The second-order valence-corrected chi connectivity index (χ2v) is 5.22. The number of fused-ring (bicyclic) bond motifs is 1. The van der Waals surface area contributed by atoms with Crippen molar-refractivity contribution in [3.8, 4) is 0 Å². The Labute approximate surface area is 120 Å². The predicted octanol–water partition coefficient (Wildman–Crippen LogP) is 4.05. The average Bonchev–Trinajstić information content (AvgIpc) is 2.78. The fourth-order valence-corrected chi connectivity index (χ4v) is 2.49. The summed E-state index contributed by atoms with van der Waals surface area (Å²) in [5.74, 6) is -1.13. The van der Waals surface area contributed by atoms with Gasteiger partial charge in [-0.2, -0.15) is 0 Å². The summed E-state index contributed by atoms with van der Waals surface area (Å²) in [7, 11) is 0. The molecule has 4 nitrogen and oxygen atoms in total. The number of hydrogen-bond donors (Lipinski definition) is 1. The first kappa shape index (κ1) is 14.8. The first-order valence-electron chi connectivity index (χ1n) is 6.39. The van der Waals surface area contributed by atoms with E-state index in [2.05, 4.69) is 4.98 Å². The third-order valence-corrected chi connectivity index (χ3v) is 4.03. The molecule has 0 bridgehead atoms. The minimum atomic E-state index is -0.925. The van der Waals surface area contributed by atoms with Crippen LogP contribution < -0.4 is 0 Å². The molecule has 0 amide bonds. The molecule has 0 saturated heterocycles. The molecule has 0 atom stereocenters. The zero-order chi connectivity index (χ0) is 14.9. The molecule has 20 heavy (non-hydrogen) atoms.